The van der Waals surface area contributed by atoms with Crippen molar-refractivity contribution in [2.24, 2.45) is 10.8 Å². The predicted molar refractivity (Wildman–Crippen MR) is 72.1 cm³/mol. The number of Topliss-reactive ketones (excluding diaryl/α,β-unsaturated/α-hetero) is 1. The Morgan fingerprint density at radius 2 is 1.59 bits per heavy atom. The molecule has 17 heavy (non-hydrogen) atoms. The largest absolute Gasteiger partial charge is 0.362 e. The first-order valence-electron chi connectivity index (χ1n) is 6.28. The standard InChI is InChI=1S/C15H25NO/c1-14(2,3)10-12-8-7-11(16-12)9-13(17)15(4,5)6/h7-8,16H,9-10H2,1-6H3. The van der Waals surface area contributed by atoms with E-state index < -0.39 is 0 Å². The molecule has 2 nitrogen and oxygen atoms in total. The van der Waals surface area contributed by atoms with Crippen LogP contribution in [0.5, 0.6) is 0 Å². The normalized spacial score (nSPS) is 12.8. The number of nitrogens with one attached hydrogen (secondary N) is 1. The molecule has 0 amide bonds. The SMILES string of the molecule is CC(C)(C)Cc1ccc(CC(=O)C(C)(C)C)[nH]1. The molecule has 0 aromatic carbocycles. The molecule has 1 rings (SSSR count). The highest BCUT2D eigenvalue weighted by atomic mass is 16.1. The van der Waals surface area contributed by atoms with Gasteiger partial charge < -0.3 is 4.98 Å². The summed E-state index contributed by atoms with van der Waals surface area (Å²) in [5, 5.41) is 0. The molecule has 2 heteroatoms. The molecule has 1 aromatic rings. The summed E-state index contributed by atoms with van der Waals surface area (Å²) in [6.07, 6.45) is 1.52. The molecule has 0 aliphatic rings. The van der Waals surface area contributed by atoms with Gasteiger partial charge in [0.05, 0.1) is 0 Å². The van der Waals surface area contributed by atoms with Gasteiger partial charge in [-0.2, -0.15) is 0 Å². The van der Waals surface area contributed by atoms with Gasteiger partial charge in [-0.3, -0.25) is 4.79 Å². The van der Waals surface area contributed by atoms with Crippen LogP contribution >= 0.6 is 0 Å². The van der Waals surface area contributed by atoms with Crippen molar-refractivity contribution in [2.75, 3.05) is 0 Å². The minimum absolute atomic E-state index is 0.255. The van der Waals surface area contributed by atoms with E-state index in [9.17, 15) is 4.79 Å². The average molecular weight is 235 g/mol. The Labute approximate surface area is 105 Å². The summed E-state index contributed by atoms with van der Waals surface area (Å²) in [5.41, 5.74) is 2.27. The Kier molecular flexibility index (Phi) is 3.85. The zero-order chi connectivity index (χ0) is 13.3. The summed E-state index contributed by atoms with van der Waals surface area (Å²) in [7, 11) is 0. The van der Waals surface area contributed by atoms with E-state index in [0.717, 1.165) is 12.1 Å². The second-order valence-corrected chi connectivity index (χ2v) is 7.10. The van der Waals surface area contributed by atoms with Crippen molar-refractivity contribution in [2.45, 2.75) is 54.4 Å². The second-order valence-electron chi connectivity index (χ2n) is 7.10. The minimum atomic E-state index is -0.255. The summed E-state index contributed by atoms with van der Waals surface area (Å²) in [6, 6.07) is 4.13. The van der Waals surface area contributed by atoms with Gasteiger partial charge in [-0.1, -0.05) is 41.5 Å². The molecule has 96 valence electrons. The molecule has 0 saturated heterocycles. The molecule has 0 aliphatic heterocycles. The van der Waals surface area contributed by atoms with Crippen LogP contribution in [0, 0.1) is 10.8 Å². The summed E-state index contributed by atoms with van der Waals surface area (Å²) >= 11 is 0. The van der Waals surface area contributed by atoms with Crippen LogP contribution in [-0.2, 0) is 17.6 Å². The zero-order valence-corrected chi connectivity index (χ0v) is 12.0. The molecular formula is C15H25NO. The zero-order valence-electron chi connectivity index (χ0n) is 12.0. The number of rotatable bonds is 3. The van der Waals surface area contributed by atoms with Gasteiger partial charge in [-0.15, -0.1) is 0 Å². The third-order valence-electron chi connectivity index (χ3n) is 2.72. The van der Waals surface area contributed by atoms with Crippen LogP contribution in [0.3, 0.4) is 0 Å². The number of hydrogen-bond acceptors (Lipinski definition) is 1. The molecule has 0 aliphatic carbocycles. The molecule has 1 aromatic heterocycles. The average Bonchev–Trinajstić information content (AvgIpc) is 2.47. The fraction of sp³-hybridized carbons (Fsp3) is 0.667. The molecule has 0 saturated carbocycles. The molecule has 0 atom stereocenters. The third-order valence-corrected chi connectivity index (χ3v) is 2.72. The lowest BCUT2D eigenvalue weighted by Crippen LogP contribution is -2.22. The van der Waals surface area contributed by atoms with Gasteiger partial charge in [0.2, 0.25) is 0 Å². The van der Waals surface area contributed by atoms with Crippen LogP contribution in [-0.4, -0.2) is 10.8 Å². The van der Waals surface area contributed by atoms with Gasteiger partial charge >= 0.3 is 0 Å². The second kappa shape index (κ2) is 4.67. The quantitative estimate of drug-likeness (QED) is 0.850. The van der Waals surface area contributed by atoms with Gasteiger partial charge in [-0.05, 0) is 24.0 Å². The van der Waals surface area contributed by atoms with Gasteiger partial charge in [0.15, 0.2) is 0 Å². The molecule has 0 spiro atoms. The number of aromatic nitrogens is 1. The predicted octanol–water partition coefficient (Wildman–Crippen LogP) is 3.76. The maximum Gasteiger partial charge on any atom is 0.144 e. The van der Waals surface area contributed by atoms with Crippen LogP contribution in [0.15, 0.2) is 12.1 Å². The van der Waals surface area contributed by atoms with Crippen LogP contribution in [0.1, 0.15) is 52.9 Å². The van der Waals surface area contributed by atoms with E-state index in [1.807, 2.05) is 26.8 Å². The van der Waals surface area contributed by atoms with Crippen molar-refractivity contribution in [1.82, 2.24) is 4.98 Å². The number of aromatic amines is 1. The van der Waals surface area contributed by atoms with E-state index in [2.05, 4.69) is 31.8 Å². The van der Waals surface area contributed by atoms with Gasteiger partial charge in [0, 0.05) is 23.2 Å². The highest BCUT2D eigenvalue weighted by Gasteiger charge is 2.22. The fourth-order valence-corrected chi connectivity index (χ4v) is 1.71. The van der Waals surface area contributed by atoms with Crippen molar-refractivity contribution in [1.29, 1.82) is 0 Å². The van der Waals surface area contributed by atoms with E-state index in [0.29, 0.717) is 6.42 Å². The lowest BCUT2D eigenvalue weighted by molar-refractivity contribution is -0.125. The molecule has 0 fully saturated rings. The van der Waals surface area contributed by atoms with E-state index in [1.165, 1.54) is 5.69 Å². The first-order valence-corrected chi connectivity index (χ1v) is 6.28. The van der Waals surface area contributed by atoms with Crippen molar-refractivity contribution >= 4 is 5.78 Å². The Hall–Kier alpha value is -1.05. The maximum absolute atomic E-state index is 11.9. The van der Waals surface area contributed by atoms with Crippen molar-refractivity contribution in [3.63, 3.8) is 0 Å². The fourth-order valence-electron chi connectivity index (χ4n) is 1.71. The number of hydrogen-bond donors (Lipinski definition) is 1. The summed E-state index contributed by atoms with van der Waals surface area (Å²) in [5.74, 6) is 0.279. The minimum Gasteiger partial charge on any atom is -0.362 e. The smallest absolute Gasteiger partial charge is 0.144 e. The third kappa shape index (κ3) is 4.76. The molecule has 0 bridgehead atoms. The molecule has 1 N–H and O–H groups in total. The molecule has 0 unspecified atom stereocenters. The van der Waals surface area contributed by atoms with Crippen LogP contribution in [0.4, 0.5) is 0 Å². The van der Waals surface area contributed by atoms with Crippen LogP contribution in [0.25, 0.3) is 0 Å². The monoisotopic (exact) mass is 235 g/mol. The Bertz CT molecular complexity index is 388. The summed E-state index contributed by atoms with van der Waals surface area (Å²) in [6.45, 7) is 12.5. The molecule has 0 radical (unpaired) electrons. The van der Waals surface area contributed by atoms with E-state index >= 15 is 0 Å². The van der Waals surface area contributed by atoms with E-state index in [1.54, 1.807) is 0 Å². The number of H-pyrrole nitrogens is 1. The maximum atomic E-state index is 11.9. The van der Waals surface area contributed by atoms with Crippen LogP contribution in [0.2, 0.25) is 0 Å². The van der Waals surface area contributed by atoms with Gasteiger partial charge in [0.1, 0.15) is 5.78 Å². The lowest BCUT2D eigenvalue weighted by atomic mass is 9.88. The topological polar surface area (TPSA) is 32.9 Å². The summed E-state index contributed by atoms with van der Waals surface area (Å²) in [4.78, 5) is 15.3. The van der Waals surface area contributed by atoms with Crippen molar-refractivity contribution in [3.05, 3.63) is 23.5 Å². The Balaban J connectivity index is 2.67. The summed E-state index contributed by atoms with van der Waals surface area (Å²) < 4.78 is 0. The number of carbonyl (C=O) groups excluding carboxylic acids is 1. The number of carbonyl (C=O) groups is 1. The van der Waals surface area contributed by atoms with Crippen molar-refractivity contribution in [3.8, 4) is 0 Å². The highest BCUT2D eigenvalue weighted by Crippen LogP contribution is 2.21. The van der Waals surface area contributed by atoms with E-state index in [4.69, 9.17) is 0 Å². The highest BCUT2D eigenvalue weighted by molar-refractivity contribution is 5.85. The molecule has 1 heterocycles. The first-order chi connectivity index (χ1) is 7.58. The lowest BCUT2D eigenvalue weighted by Gasteiger charge is -2.17. The first kappa shape index (κ1) is 14.0. The number of ketones is 1. The van der Waals surface area contributed by atoms with E-state index in [-0.39, 0.29) is 16.6 Å². The van der Waals surface area contributed by atoms with Gasteiger partial charge in [0.25, 0.3) is 0 Å². The van der Waals surface area contributed by atoms with Crippen LogP contribution < -0.4 is 0 Å². The van der Waals surface area contributed by atoms with Gasteiger partial charge in [-0.25, -0.2) is 0 Å². The Morgan fingerprint density at radius 3 is 2.06 bits per heavy atom. The molecular weight excluding hydrogens is 210 g/mol. The Morgan fingerprint density at radius 1 is 1.06 bits per heavy atom. The van der Waals surface area contributed by atoms with Crippen molar-refractivity contribution < 1.29 is 4.79 Å².